The predicted molar refractivity (Wildman–Crippen MR) is 165 cm³/mol. The van der Waals surface area contributed by atoms with Crippen LogP contribution >= 0.6 is 0 Å². The molecule has 2 fully saturated rings. The molecule has 1 atom stereocenters. The van der Waals surface area contributed by atoms with Crippen LogP contribution in [0.4, 0.5) is 0 Å². The molecular formula is C32H31N9O2. The standard InChI is InChI=1S/C32H31N9O2/c1-21-35-17-29(39-41(21)31(38-33)32(10-11-32)26-7-8-28-24(15-26)6-3-12-34-28)23-5-2-4-22(14-23)25-16-36-40(18-25)19-30(42)37-27-9-13-43-20-27/h2-8,12,14-18,27H,1,9-11,13,19-20,33H2,(H,37,42)/b38-31-. The summed E-state index contributed by atoms with van der Waals surface area (Å²) in [6.45, 7) is 5.50. The molecule has 0 spiro atoms. The quantitative estimate of drug-likeness (QED) is 0.150. The molecule has 0 radical (unpaired) electrons. The Hall–Kier alpha value is -5.16. The summed E-state index contributed by atoms with van der Waals surface area (Å²) in [7, 11) is 0. The third-order valence-electron chi connectivity index (χ3n) is 8.17. The number of benzene rings is 2. The number of amidine groups is 1. The lowest BCUT2D eigenvalue weighted by atomic mass is 9.92. The Balaban J connectivity index is 1.12. The number of hydrazone groups is 2. The third-order valence-corrected chi connectivity index (χ3v) is 8.17. The number of carbonyl (C=O) groups excluding carboxylic acids is 1. The molecule has 1 saturated heterocycles. The summed E-state index contributed by atoms with van der Waals surface area (Å²) in [6.07, 6.45) is 9.73. The number of nitrogens with two attached hydrogens (primary N) is 1. The minimum Gasteiger partial charge on any atom is -0.379 e. The highest BCUT2D eigenvalue weighted by Crippen LogP contribution is 2.51. The Morgan fingerprint density at radius 2 is 2.02 bits per heavy atom. The minimum atomic E-state index is -0.378. The summed E-state index contributed by atoms with van der Waals surface area (Å²) in [4.78, 5) is 21.5. The normalized spacial score (nSPS) is 19.5. The van der Waals surface area contributed by atoms with Gasteiger partial charge in [0.1, 0.15) is 18.1 Å². The smallest absolute Gasteiger partial charge is 0.242 e. The van der Waals surface area contributed by atoms with E-state index in [4.69, 9.17) is 15.7 Å². The van der Waals surface area contributed by atoms with Crippen LogP contribution in [-0.2, 0) is 21.5 Å². The van der Waals surface area contributed by atoms with Crippen LogP contribution < -0.4 is 11.2 Å². The summed E-state index contributed by atoms with van der Waals surface area (Å²) in [5, 5.41) is 19.3. The molecule has 1 aliphatic carbocycles. The fraction of sp³-hybridized carbons (Fsp3) is 0.250. The summed E-state index contributed by atoms with van der Waals surface area (Å²) in [5.74, 6) is 7.00. The van der Waals surface area contributed by atoms with Crippen molar-refractivity contribution in [2.24, 2.45) is 21.0 Å². The van der Waals surface area contributed by atoms with E-state index in [0.29, 0.717) is 30.6 Å². The van der Waals surface area contributed by atoms with Gasteiger partial charge in [-0.3, -0.25) is 14.5 Å². The van der Waals surface area contributed by atoms with Crippen molar-refractivity contribution in [2.75, 3.05) is 13.2 Å². The second kappa shape index (κ2) is 10.9. The van der Waals surface area contributed by atoms with Crippen LogP contribution in [0.3, 0.4) is 0 Å². The predicted octanol–water partition coefficient (Wildman–Crippen LogP) is 3.57. The average Bonchev–Trinajstić information content (AvgIpc) is 3.40. The van der Waals surface area contributed by atoms with E-state index in [-0.39, 0.29) is 23.9 Å². The van der Waals surface area contributed by atoms with Crippen LogP contribution in [0.1, 0.15) is 30.4 Å². The summed E-state index contributed by atoms with van der Waals surface area (Å²) >= 11 is 0. The zero-order chi connectivity index (χ0) is 29.4. The number of fused-ring (bicyclic) bond motifs is 1. The van der Waals surface area contributed by atoms with Gasteiger partial charge in [-0.15, -0.1) is 0 Å². The maximum Gasteiger partial charge on any atom is 0.242 e. The Morgan fingerprint density at radius 3 is 2.84 bits per heavy atom. The Morgan fingerprint density at radius 1 is 1.14 bits per heavy atom. The molecule has 216 valence electrons. The Bertz CT molecular complexity index is 1810. The van der Waals surface area contributed by atoms with Gasteiger partial charge in [-0.2, -0.15) is 20.3 Å². The summed E-state index contributed by atoms with van der Waals surface area (Å²) in [5.41, 5.74) is 5.02. The van der Waals surface area contributed by atoms with Gasteiger partial charge in [-0.25, -0.2) is 4.99 Å². The monoisotopic (exact) mass is 573 g/mol. The number of hydrogen-bond acceptors (Lipinski definition) is 8. The Labute approximate surface area is 248 Å². The molecule has 2 aromatic carbocycles. The van der Waals surface area contributed by atoms with E-state index in [1.807, 2.05) is 42.6 Å². The first-order valence-electron chi connectivity index (χ1n) is 14.3. The first-order valence-corrected chi connectivity index (χ1v) is 14.3. The molecule has 3 N–H and O–H groups in total. The molecule has 11 nitrogen and oxygen atoms in total. The van der Waals surface area contributed by atoms with Crippen LogP contribution in [0.25, 0.3) is 22.0 Å². The average molecular weight is 574 g/mol. The highest BCUT2D eigenvalue weighted by atomic mass is 16.5. The highest BCUT2D eigenvalue weighted by molar-refractivity contribution is 6.39. The molecule has 43 heavy (non-hydrogen) atoms. The van der Waals surface area contributed by atoms with Crippen LogP contribution in [0.15, 0.2) is 101 Å². The van der Waals surface area contributed by atoms with Crippen LogP contribution in [-0.4, -0.2) is 62.7 Å². The summed E-state index contributed by atoms with van der Waals surface area (Å²) < 4.78 is 6.98. The number of nitrogens with one attached hydrogen (secondary N) is 1. The summed E-state index contributed by atoms with van der Waals surface area (Å²) in [6, 6.07) is 18.3. The number of amides is 1. The number of pyridine rings is 1. The lowest BCUT2D eigenvalue weighted by molar-refractivity contribution is -0.122. The van der Waals surface area contributed by atoms with Crippen molar-refractivity contribution in [3.05, 3.63) is 96.7 Å². The van der Waals surface area contributed by atoms with E-state index in [1.54, 1.807) is 28.3 Å². The van der Waals surface area contributed by atoms with Crippen molar-refractivity contribution in [3.8, 4) is 11.1 Å². The molecule has 4 aromatic rings. The van der Waals surface area contributed by atoms with Gasteiger partial charge in [0, 0.05) is 35.5 Å². The molecule has 11 heteroatoms. The van der Waals surface area contributed by atoms with Gasteiger partial charge in [-0.05, 0) is 54.7 Å². The second-order valence-electron chi connectivity index (χ2n) is 11.1. The van der Waals surface area contributed by atoms with Crippen LogP contribution in [0.5, 0.6) is 0 Å². The van der Waals surface area contributed by atoms with E-state index < -0.39 is 0 Å². The zero-order valence-corrected chi connectivity index (χ0v) is 23.6. The number of nitrogens with zero attached hydrogens (tertiary/aromatic N) is 7. The topological polar surface area (TPSA) is 135 Å². The molecule has 0 bridgehead atoms. The van der Waals surface area contributed by atoms with Crippen molar-refractivity contribution in [3.63, 3.8) is 0 Å². The maximum absolute atomic E-state index is 12.4. The van der Waals surface area contributed by atoms with Gasteiger partial charge in [0.05, 0.1) is 36.0 Å². The van der Waals surface area contributed by atoms with E-state index >= 15 is 0 Å². The highest BCUT2D eigenvalue weighted by Gasteiger charge is 2.52. The van der Waals surface area contributed by atoms with Crippen molar-refractivity contribution in [1.29, 1.82) is 0 Å². The molecule has 1 amide bonds. The molecule has 7 rings (SSSR count). The Kier molecular flexibility index (Phi) is 6.78. The first kappa shape index (κ1) is 26.7. The zero-order valence-electron chi connectivity index (χ0n) is 23.6. The van der Waals surface area contributed by atoms with E-state index in [1.165, 1.54) is 0 Å². The fourth-order valence-electron chi connectivity index (χ4n) is 5.73. The number of hydrogen-bond donors (Lipinski definition) is 2. The molecule has 3 aliphatic rings. The minimum absolute atomic E-state index is 0.0669. The van der Waals surface area contributed by atoms with Crippen molar-refractivity contribution >= 4 is 34.6 Å². The first-order chi connectivity index (χ1) is 21.0. The number of aliphatic imine (C=N–C) groups is 1. The number of rotatable bonds is 7. The molecule has 4 heterocycles. The van der Waals surface area contributed by atoms with E-state index in [2.05, 4.69) is 50.3 Å². The van der Waals surface area contributed by atoms with Gasteiger partial charge in [-0.1, -0.05) is 36.9 Å². The molecule has 2 aliphatic heterocycles. The molecular weight excluding hydrogens is 542 g/mol. The number of ether oxygens (including phenoxy) is 1. The van der Waals surface area contributed by atoms with Crippen molar-refractivity contribution < 1.29 is 9.53 Å². The van der Waals surface area contributed by atoms with Gasteiger partial charge < -0.3 is 15.9 Å². The maximum atomic E-state index is 12.4. The molecule has 2 aromatic heterocycles. The fourth-order valence-corrected chi connectivity index (χ4v) is 5.73. The molecule has 1 saturated carbocycles. The van der Waals surface area contributed by atoms with Gasteiger partial charge >= 0.3 is 0 Å². The number of carbonyl (C=O) groups is 1. The lowest BCUT2D eigenvalue weighted by Crippen LogP contribution is -2.38. The number of aromatic nitrogens is 3. The molecule has 1 unspecified atom stereocenters. The van der Waals surface area contributed by atoms with E-state index in [0.717, 1.165) is 52.4 Å². The van der Waals surface area contributed by atoms with Gasteiger partial charge in [0.2, 0.25) is 5.91 Å². The van der Waals surface area contributed by atoms with Crippen molar-refractivity contribution in [2.45, 2.75) is 37.3 Å². The largest absolute Gasteiger partial charge is 0.379 e. The van der Waals surface area contributed by atoms with Gasteiger partial charge in [0.15, 0.2) is 5.84 Å². The van der Waals surface area contributed by atoms with Gasteiger partial charge in [0.25, 0.3) is 0 Å². The SMILES string of the molecule is C=C1N=CC(c2cccc(-c3cnn(CC(=O)NC4CCOC4)c3)c2)=NN1/C(=N\N)C1(c2ccc3ncccc3c2)CC1. The third kappa shape index (κ3) is 5.19. The lowest BCUT2D eigenvalue weighted by Gasteiger charge is -2.29. The van der Waals surface area contributed by atoms with Crippen LogP contribution in [0, 0.1) is 0 Å². The van der Waals surface area contributed by atoms with Crippen molar-refractivity contribution in [1.82, 2.24) is 25.1 Å². The van der Waals surface area contributed by atoms with Crippen LogP contribution in [0.2, 0.25) is 0 Å². The van der Waals surface area contributed by atoms with E-state index in [9.17, 15) is 4.79 Å². The second-order valence-corrected chi connectivity index (χ2v) is 11.1.